The minimum atomic E-state index is -3.43. The van der Waals surface area contributed by atoms with Gasteiger partial charge in [0.1, 0.15) is 0 Å². The summed E-state index contributed by atoms with van der Waals surface area (Å²) >= 11 is 1.42. The highest BCUT2D eigenvalue weighted by Crippen LogP contribution is 2.33. The van der Waals surface area contributed by atoms with Gasteiger partial charge >= 0.3 is 0 Å². The first kappa shape index (κ1) is 18.6. The zero-order valence-corrected chi connectivity index (χ0v) is 15.6. The summed E-state index contributed by atoms with van der Waals surface area (Å²) in [7, 11) is -6.84. The van der Waals surface area contributed by atoms with Crippen LogP contribution in [0.25, 0.3) is 0 Å². The van der Waals surface area contributed by atoms with Crippen molar-refractivity contribution in [2.45, 2.75) is 10.6 Å². The van der Waals surface area contributed by atoms with Gasteiger partial charge in [-0.3, -0.25) is 9.44 Å². The van der Waals surface area contributed by atoms with E-state index in [9.17, 15) is 16.8 Å². The normalized spacial score (nSPS) is 11.9. The largest absolute Gasteiger partial charge is 0.284 e. The van der Waals surface area contributed by atoms with Gasteiger partial charge in [0.2, 0.25) is 20.0 Å². The summed E-state index contributed by atoms with van der Waals surface area (Å²) < 4.78 is 50.6. The van der Waals surface area contributed by atoms with Crippen molar-refractivity contribution in [3.8, 4) is 0 Å². The Morgan fingerprint density at radius 3 is 2.08 bits per heavy atom. The molecule has 2 aromatic carbocycles. The molecule has 0 unspecified atom stereocenters. The summed E-state index contributed by atoms with van der Waals surface area (Å²) in [6.45, 7) is 0. The van der Waals surface area contributed by atoms with Crippen LogP contribution in [0.2, 0.25) is 0 Å². The van der Waals surface area contributed by atoms with Crippen LogP contribution in [0.3, 0.4) is 0 Å². The Balaban J connectivity index is 2.30. The van der Waals surface area contributed by atoms with E-state index in [4.69, 9.17) is 0 Å². The predicted molar refractivity (Wildman–Crippen MR) is 99.4 cm³/mol. The standard InChI is InChI=1S/C15H18N2O4S3/c1-23(18,19)16-13-8-9-14(17-24(2,20)21)15(10-13)22-11-12-6-4-3-5-7-12/h3-10,16-17H,11H2,1-2H3. The van der Waals surface area contributed by atoms with Crippen LogP contribution >= 0.6 is 11.8 Å². The maximum absolute atomic E-state index is 11.5. The minimum absolute atomic E-state index is 0.382. The third-order valence-corrected chi connectivity index (χ3v) is 5.14. The maximum atomic E-state index is 11.5. The van der Waals surface area contributed by atoms with Gasteiger partial charge in [-0.1, -0.05) is 30.3 Å². The van der Waals surface area contributed by atoms with E-state index >= 15 is 0 Å². The predicted octanol–water partition coefficient (Wildman–Crippen LogP) is 2.72. The van der Waals surface area contributed by atoms with Crippen LogP contribution in [0.15, 0.2) is 53.4 Å². The second-order valence-electron chi connectivity index (χ2n) is 5.23. The van der Waals surface area contributed by atoms with Gasteiger partial charge in [-0.15, -0.1) is 11.8 Å². The van der Waals surface area contributed by atoms with E-state index in [-0.39, 0.29) is 0 Å². The summed E-state index contributed by atoms with van der Waals surface area (Å²) in [5.74, 6) is 0.627. The Labute approximate surface area is 146 Å². The molecule has 0 atom stereocenters. The van der Waals surface area contributed by atoms with E-state index in [1.165, 1.54) is 17.8 Å². The van der Waals surface area contributed by atoms with Crippen molar-refractivity contribution in [2.75, 3.05) is 22.0 Å². The summed E-state index contributed by atoms with van der Waals surface area (Å²) in [6, 6.07) is 14.4. The second kappa shape index (κ2) is 7.45. The first-order valence-electron chi connectivity index (χ1n) is 6.89. The molecule has 0 saturated carbocycles. The third-order valence-electron chi connectivity index (χ3n) is 2.82. The van der Waals surface area contributed by atoms with Crippen molar-refractivity contribution in [1.82, 2.24) is 0 Å². The minimum Gasteiger partial charge on any atom is -0.284 e. The fourth-order valence-corrected chi connectivity index (χ4v) is 4.14. The summed E-state index contributed by atoms with van der Waals surface area (Å²) in [5, 5.41) is 0. The molecule has 2 rings (SSSR count). The van der Waals surface area contributed by atoms with Gasteiger partial charge < -0.3 is 0 Å². The van der Waals surface area contributed by atoms with E-state index in [1.807, 2.05) is 30.3 Å². The summed E-state index contributed by atoms with van der Waals surface area (Å²) in [4.78, 5) is 0.637. The second-order valence-corrected chi connectivity index (χ2v) is 9.75. The highest BCUT2D eigenvalue weighted by Gasteiger charge is 2.11. The SMILES string of the molecule is CS(=O)(=O)Nc1ccc(NS(C)(=O)=O)c(SCc2ccccc2)c1. The molecule has 0 heterocycles. The molecule has 0 aromatic heterocycles. The molecule has 130 valence electrons. The van der Waals surface area contributed by atoms with Crippen molar-refractivity contribution < 1.29 is 16.8 Å². The number of nitrogens with one attached hydrogen (secondary N) is 2. The third kappa shape index (κ3) is 6.42. The molecule has 0 aliphatic heterocycles. The van der Waals surface area contributed by atoms with Crippen LogP contribution in [0.4, 0.5) is 11.4 Å². The zero-order valence-electron chi connectivity index (χ0n) is 13.2. The van der Waals surface area contributed by atoms with E-state index in [0.717, 1.165) is 18.1 Å². The van der Waals surface area contributed by atoms with Gasteiger partial charge in [-0.25, -0.2) is 16.8 Å². The van der Waals surface area contributed by atoms with E-state index in [1.54, 1.807) is 12.1 Å². The van der Waals surface area contributed by atoms with Crippen LogP contribution in [0, 0.1) is 0 Å². The highest BCUT2D eigenvalue weighted by molar-refractivity contribution is 7.98. The molecular formula is C15H18N2O4S3. The lowest BCUT2D eigenvalue weighted by Crippen LogP contribution is -2.12. The molecule has 24 heavy (non-hydrogen) atoms. The van der Waals surface area contributed by atoms with Gasteiger partial charge in [0.05, 0.1) is 18.2 Å². The highest BCUT2D eigenvalue weighted by atomic mass is 32.2. The smallest absolute Gasteiger partial charge is 0.229 e. The van der Waals surface area contributed by atoms with Crippen LogP contribution in [-0.2, 0) is 25.8 Å². The molecule has 2 N–H and O–H groups in total. The fourth-order valence-electron chi connectivity index (χ4n) is 1.94. The van der Waals surface area contributed by atoms with Crippen LogP contribution in [0.1, 0.15) is 5.56 Å². The monoisotopic (exact) mass is 386 g/mol. The number of benzene rings is 2. The fraction of sp³-hybridized carbons (Fsp3) is 0.200. The van der Waals surface area contributed by atoms with Gasteiger partial charge in [0.15, 0.2) is 0 Å². The number of hydrogen-bond acceptors (Lipinski definition) is 5. The first-order chi connectivity index (χ1) is 11.1. The zero-order chi connectivity index (χ0) is 17.8. The van der Waals surface area contributed by atoms with Crippen molar-refractivity contribution >= 4 is 43.2 Å². The van der Waals surface area contributed by atoms with Crippen molar-refractivity contribution in [1.29, 1.82) is 0 Å². The van der Waals surface area contributed by atoms with E-state index in [2.05, 4.69) is 9.44 Å². The lowest BCUT2D eigenvalue weighted by Gasteiger charge is -2.13. The topological polar surface area (TPSA) is 92.3 Å². The Morgan fingerprint density at radius 1 is 0.875 bits per heavy atom. The summed E-state index contributed by atoms with van der Waals surface area (Å²) in [5.41, 5.74) is 1.87. The first-order valence-corrected chi connectivity index (χ1v) is 11.7. The van der Waals surface area contributed by atoms with Gasteiger partial charge in [0, 0.05) is 16.3 Å². The average molecular weight is 387 g/mol. The molecule has 0 spiro atoms. The van der Waals surface area contributed by atoms with Gasteiger partial charge in [-0.05, 0) is 23.8 Å². The Hall–Kier alpha value is -1.71. The Kier molecular flexibility index (Phi) is 5.79. The van der Waals surface area contributed by atoms with Crippen molar-refractivity contribution in [2.24, 2.45) is 0 Å². The molecular weight excluding hydrogens is 368 g/mol. The number of thioether (sulfide) groups is 1. The Bertz CT molecular complexity index is 911. The molecule has 9 heteroatoms. The molecule has 0 bridgehead atoms. The van der Waals surface area contributed by atoms with E-state index in [0.29, 0.717) is 22.0 Å². The molecule has 6 nitrogen and oxygen atoms in total. The number of hydrogen-bond donors (Lipinski definition) is 2. The molecule has 0 amide bonds. The van der Waals surface area contributed by atoms with Crippen LogP contribution in [0.5, 0.6) is 0 Å². The molecule has 2 aromatic rings. The molecule has 0 radical (unpaired) electrons. The molecule has 0 saturated heterocycles. The van der Waals surface area contributed by atoms with Gasteiger partial charge in [-0.2, -0.15) is 0 Å². The summed E-state index contributed by atoms with van der Waals surface area (Å²) in [6.07, 6.45) is 2.13. The molecule has 0 fully saturated rings. The average Bonchev–Trinajstić information content (AvgIpc) is 2.45. The lowest BCUT2D eigenvalue weighted by molar-refractivity contribution is 0.604. The maximum Gasteiger partial charge on any atom is 0.229 e. The van der Waals surface area contributed by atoms with Crippen molar-refractivity contribution in [3.05, 3.63) is 54.1 Å². The molecule has 0 aliphatic carbocycles. The van der Waals surface area contributed by atoms with Crippen LogP contribution < -0.4 is 9.44 Å². The number of anilines is 2. The van der Waals surface area contributed by atoms with Gasteiger partial charge in [0.25, 0.3) is 0 Å². The number of sulfonamides is 2. The quantitative estimate of drug-likeness (QED) is 0.714. The Morgan fingerprint density at radius 2 is 1.50 bits per heavy atom. The van der Waals surface area contributed by atoms with E-state index < -0.39 is 20.0 Å². The number of rotatable bonds is 7. The molecule has 0 aliphatic rings. The van der Waals surface area contributed by atoms with Crippen molar-refractivity contribution in [3.63, 3.8) is 0 Å². The lowest BCUT2D eigenvalue weighted by atomic mass is 10.2. The van der Waals surface area contributed by atoms with Crippen LogP contribution in [-0.4, -0.2) is 29.3 Å².